The van der Waals surface area contributed by atoms with Gasteiger partial charge in [-0.25, -0.2) is 8.78 Å². The van der Waals surface area contributed by atoms with Crippen molar-refractivity contribution in [3.8, 4) is 0 Å². The Kier molecular flexibility index (Phi) is 5.69. The molecular weight excluding hydrogens is 379 g/mol. The Labute approximate surface area is 158 Å². The largest absolute Gasteiger partial charge is 0.401 e. The van der Waals surface area contributed by atoms with Gasteiger partial charge in [0.1, 0.15) is 11.6 Å². The summed E-state index contributed by atoms with van der Waals surface area (Å²) in [6.45, 7) is 0.270. The summed E-state index contributed by atoms with van der Waals surface area (Å²) in [5.74, 6) is -3.06. The van der Waals surface area contributed by atoms with E-state index in [9.17, 15) is 26.7 Å². The number of carbonyl (C=O) groups excluding carboxylic acids is 1. The minimum atomic E-state index is -4.39. The maximum atomic E-state index is 14.0. The highest BCUT2D eigenvalue weighted by molar-refractivity contribution is 5.83. The zero-order chi connectivity index (χ0) is 20.5. The number of rotatable bonds is 5. The number of alkyl halides is 3. The van der Waals surface area contributed by atoms with Gasteiger partial charge in [0.15, 0.2) is 0 Å². The molecule has 0 heterocycles. The van der Waals surface area contributed by atoms with Crippen molar-refractivity contribution in [1.82, 2.24) is 10.6 Å². The van der Waals surface area contributed by atoms with Gasteiger partial charge >= 0.3 is 6.18 Å². The summed E-state index contributed by atoms with van der Waals surface area (Å²) in [5.41, 5.74) is 1.56. The van der Waals surface area contributed by atoms with Crippen LogP contribution in [0.25, 0.3) is 0 Å². The number of amides is 1. The van der Waals surface area contributed by atoms with Gasteiger partial charge in [-0.05, 0) is 30.5 Å². The molecule has 0 aliphatic heterocycles. The molecule has 150 valence electrons. The van der Waals surface area contributed by atoms with Crippen LogP contribution in [0.2, 0.25) is 0 Å². The molecule has 2 aromatic rings. The molecule has 0 fully saturated rings. The zero-order valence-electron chi connectivity index (χ0n) is 15.0. The molecule has 3 nitrogen and oxygen atoms in total. The van der Waals surface area contributed by atoms with Crippen molar-refractivity contribution < 1.29 is 26.7 Å². The maximum Gasteiger partial charge on any atom is 0.401 e. The molecule has 0 spiro atoms. The van der Waals surface area contributed by atoms with Crippen molar-refractivity contribution in [2.24, 2.45) is 0 Å². The maximum absolute atomic E-state index is 14.0. The van der Waals surface area contributed by atoms with Crippen LogP contribution >= 0.6 is 0 Å². The van der Waals surface area contributed by atoms with Crippen LogP contribution in [-0.2, 0) is 11.2 Å². The number of fused-ring (bicyclic) bond motifs is 1. The van der Waals surface area contributed by atoms with Gasteiger partial charge in [0.05, 0.1) is 24.5 Å². The Balaban J connectivity index is 1.76. The molecular formula is C20H19F5N2O. The first-order valence-corrected chi connectivity index (χ1v) is 8.79. The number of nitrogens with one attached hydrogen (secondary N) is 2. The summed E-state index contributed by atoms with van der Waals surface area (Å²) in [4.78, 5) is 12.6. The standard InChI is InChI=1S/C20H19F5N2O/c1-11(14-7-6-13(21)9-16(14)22)19(28)27-17-8-12-4-2-3-5-15(12)18(17)26-10-20(23,24)25/h2-7,9,11,17-18,26H,8,10H2,1H3,(H,27,28)/t11?,17-,18?/m0/s1. The van der Waals surface area contributed by atoms with E-state index in [0.717, 1.165) is 11.6 Å². The Bertz CT molecular complexity index is 868. The molecule has 0 radical (unpaired) electrons. The van der Waals surface area contributed by atoms with Gasteiger partial charge in [-0.1, -0.05) is 30.3 Å². The van der Waals surface area contributed by atoms with E-state index in [1.807, 2.05) is 0 Å². The van der Waals surface area contributed by atoms with Crippen LogP contribution in [-0.4, -0.2) is 24.7 Å². The average Bonchev–Trinajstić information content (AvgIpc) is 2.96. The predicted octanol–water partition coefficient (Wildman–Crippen LogP) is 4.00. The second-order valence-corrected chi connectivity index (χ2v) is 6.88. The summed E-state index contributed by atoms with van der Waals surface area (Å²) in [5, 5.41) is 5.19. The van der Waals surface area contributed by atoms with E-state index in [1.165, 1.54) is 13.0 Å². The summed E-state index contributed by atoms with van der Waals surface area (Å²) < 4.78 is 65.1. The van der Waals surface area contributed by atoms with Gasteiger partial charge in [-0.2, -0.15) is 13.2 Å². The lowest BCUT2D eigenvalue weighted by Crippen LogP contribution is -2.46. The molecule has 0 saturated heterocycles. The molecule has 28 heavy (non-hydrogen) atoms. The summed E-state index contributed by atoms with van der Waals surface area (Å²) in [6, 6.07) is 8.63. The minimum absolute atomic E-state index is 0.0224. The second kappa shape index (κ2) is 7.87. The normalized spacial score (nSPS) is 19.9. The number of halogens is 5. The van der Waals surface area contributed by atoms with Gasteiger partial charge < -0.3 is 5.32 Å². The Morgan fingerprint density at radius 3 is 2.57 bits per heavy atom. The van der Waals surface area contributed by atoms with Gasteiger partial charge in [0.2, 0.25) is 5.91 Å². The second-order valence-electron chi connectivity index (χ2n) is 6.88. The number of hydrogen-bond donors (Lipinski definition) is 2. The van der Waals surface area contributed by atoms with Crippen LogP contribution in [0.4, 0.5) is 22.0 Å². The molecule has 1 aliphatic rings. The van der Waals surface area contributed by atoms with Crippen molar-refractivity contribution in [2.75, 3.05) is 6.54 Å². The predicted molar refractivity (Wildman–Crippen MR) is 93.6 cm³/mol. The molecule has 3 rings (SSSR count). The van der Waals surface area contributed by atoms with Gasteiger partial charge in [0.25, 0.3) is 0 Å². The fourth-order valence-electron chi connectivity index (χ4n) is 3.51. The Morgan fingerprint density at radius 2 is 1.89 bits per heavy atom. The molecule has 1 amide bonds. The van der Waals surface area contributed by atoms with Crippen LogP contribution in [0, 0.1) is 11.6 Å². The quantitative estimate of drug-likeness (QED) is 0.748. The highest BCUT2D eigenvalue weighted by Crippen LogP contribution is 2.33. The first-order chi connectivity index (χ1) is 13.2. The molecule has 2 unspecified atom stereocenters. The molecule has 2 N–H and O–H groups in total. The lowest BCUT2D eigenvalue weighted by atomic mass is 9.98. The van der Waals surface area contributed by atoms with Crippen LogP contribution in [0.3, 0.4) is 0 Å². The molecule has 3 atom stereocenters. The Hall–Kier alpha value is -2.48. The average molecular weight is 398 g/mol. The summed E-state index contributed by atoms with van der Waals surface area (Å²) in [6.07, 6.45) is -4.04. The van der Waals surface area contributed by atoms with Crippen LogP contribution in [0.5, 0.6) is 0 Å². The first-order valence-electron chi connectivity index (χ1n) is 8.79. The van der Waals surface area contributed by atoms with E-state index in [0.29, 0.717) is 18.1 Å². The van der Waals surface area contributed by atoms with Crippen molar-refractivity contribution in [1.29, 1.82) is 0 Å². The van der Waals surface area contributed by atoms with Gasteiger partial charge in [0, 0.05) is 11.6 Å². The van der Waals surface area contributed by atoms with E-state index < -0.39 is 48.3 Å². The molecule has 0 saturated carbocycles. The van der Waals surface area contributed by atoms with Crippen LogP contribution in [0.15, 0.2) is 42.5 Å². The molecule has 0 aromatic heterocycles. The van der Waals surface area contributed by atoms with Crippen molar-refractivity contribution in [3.63, 3.8) is 0 Å². The topological polar surface area (TPSA) is 41.1 Å². The van der Waals surface area contributed by atoms with Crippen molar-refractivity contribution >= 4 is 5.91 Å². The third-order valence-electron chi connectivity index (χ3n) is 4.90. The molecule has 1 aliphatic carbocycles. The summed E-state index contributed by atoms with van der Waals surface area (Å²) >= 11 is 0. The lowest BCUT2D eigenvalue weighted by Gasteiger charge is -2.25. The highest BCUT2D eigenvalue weighted by atomic mass is 19.4. The molecule has 8 heteroatoms. The SMILES string of the molecule is CC(C(=O)N[C@H]1Cc2ccccc2C1NCC(F)(F)F)c1ccc(F)cc1F. The fraction of sp³-hybridized carbons (Fsp3) is 0.350. The number of benzene rings is 2. The summed E-state index contributed by atoms with van der Waals surface area (Å²) in [7, 11) is 0. The first kappa shape index (κ1) is 20.3. The van der Waals surface area contributed by atoms with E-state index in [2.05, 4.69) is 10.6 Å². The number of carbonyl (C=O) groups is 1. The third-order valence-corrected chi connectivity index (χ3v) is 4.90. The highest BCUT2D eigenvalue weighted by Gasteiger charge is 2.37. The van der Waals surface area contributed by atoms with Crippen molar-refractivity contribution in [3.05, 3.63) is 70.8 Å². The van der Waals surface area contributed by atoms with Gasteiger partial charge in [-0.3, -0.25) is 10.1 Å². The lowest BCUT2D eigenvalue weighted by molar-refractivity contribution is -0.127. The fourth-order valence-corrected chi connectivity index (χ4v) is 3.51. The van der Waals surface area contributed by atoms with E-state index in [4.69, 9.17) is 0 Å². The Morgan fingerprint density at radius 1 is 1.18 bits per heavy atom. The van der Waals surface area contributed by atoms with Gasteiger partial charge in [-0.15, -0.1) is 0 Å². The minimum Gasteiger partial charge on any atom is -0.351 e. The van der Waals surface area contributed by atoms with Crippen LogP contribution in [0.1, 0.15) is 35.6 Å². The molecule has 2 aromatic carbocycles. The van der Waals surface area contributed by atoms with Crippen molar-refractivity contribution in [2.45, 2.75) is 37.5 Å². The van der Waals surface area contributed by atoms with E-state index in [1.54, 1.807) is 24.3 Å². The zero-order valence-corrected chi connectivity index (χ0v) is 15.0. The number of hydrogen-bond acceptors (Lipinski definition) is 2. The third kappa shape index (κ3) is 4.49. The van der Waals surface area contributed by atoms with E-state index >= 15 is 0 Å². The monoisotopic (exact) mass is 398 g/mol. The van der Waals surface area contributed by atoms with Crippen LogP contribution < -0.4 is 10.6 Å². The molecule has 0 bridgehead atoms. The smallest absolute Gasteiger partial charge is 0.351 e. The van der Waals surface area contributed by atoms with E-state index in [-0.39, 0.29) is 5.56 Å².